The fourth-order valence-electron chi connectivity index (χ4n) is 2.85. The van der Waals surface area contributed by atoms with Crippen molar-refractivity contribution in [1.29, 1.82) is 0 Å². The number of ether oxygens (including phenoxy) is 2. The first-order chi connectivity index (χ1) is 14.6. The van der Waals surface area contributed by atoms with Crippen LogP contribution >= 0.6 is 0 Å². The van der Waals surface area contributed by atoms with E-state index in [0.29, 0.717) is 47.3 Å². The van der Waals surface area contributed by atoms with E-state index in [1.807, 2.05) is 13.8 Å². The van der Waals surface area contributed by atoms with Gasteiger partial charge < -0.3 is 24.5 Å². The third kappa shape index (κ3) is 5.20. The summed E-state index contributed by atoms with van der Waals surface area (Å²) in [5, 5.41) is 5.58. The largest absolute Gasteiger partial charge is 0.490 e. The molecule has 7 heteroatoms. The Morgan fingerprint density at radius 2 is 1.67 bits per heavy atom. The van der Waals surface area contributed by atoms with Crippen molar-refractivity contribution in [2.45, 2.75) is 20.4 Å². The molecule has 0 saturated heterocycles. The second kappa shape index (κ2) is 10.2. The topological polar surface area (TPSA) is 89.8 Å². The molecule has 0 radical (unpaired) electrons. The lowest BCUT2D eigenvalue weighted by molar-refractivity contribution is 0.0949. The molecule has 30 heavy (non-hydrogen) atoms. The summed E-state index contributed by atoms with van der Waals surface area (Å²) in [5.74, 6) is 1.04. The minimum absolute atomic E-state index is 0.255. The van der Waals surface area contributed by atoms with Crippen LogP contribution in [0.2, 0.25) is 0 Å². The van der Waals surface area contributed by atoms with E-state index in [1.165, 1.54) is 0 Å². The van der Waals surface area contributed by atoms with Gasteiger partial charge in [0.1, 0.15) is 5.76 Å². The molecule has 0 aliphatic heterocycles. The normalized spacial score (nSPS) is 10.3. The maximum Gasteiger partial charge on any atom is 0.255 e. The number of benzene rings is 2. The van der Waals surface area contributed by atoms with Gasteiger partial charge in [0.15, 0.2) is 11.5 Å². The van der Waals surface area contributed by atoms with E-state index in [0.717, 1.165) is 0 Å². The zero-order chi connectivity index (χ0) is 21.3. The van der Waals surface area contributed by atoms with Gasteiger partial charge in [-0.3, -0.25) is 9.59 Å². The molecule has 0 atom stereocenters. The number of carbonyl (C=O) groups excluding carboxylic acids is 2. The highest BCUT2D eigenvalue weighted by atomic mass is 16.5. The van der Waals surface area contributed by atoms with Crippen LogP contribution in [0.25, 0.3) is 0 Å². The van der Waals surface area contributed by atoms with Crippen molar-refractivity contribution in [3.05, 3.63) is 77.7 Å². The van der Waals surface area contributed by atoms with Gasteiger partial charge in [-0.2, -0.15) is 0 Å². The Balaban J connectivity index is 1.75. The summed E-state index contributed by atoms with van der Waals surface area (Å²) >= 11 is 0. The standard InChI is InChI=1S/C23H24N2O5/c1-3-28-20-12-11-16(14-21(20)29-4-2)22(26)25-19-10-6-5-9-18(19)23(27)24-15-17-8-7-13-30-17/h5-14H,3-4,15H2,1-2H3,(H,24,27)(H,25,26). The molecule has 7 nitrogen and oxygen atoms in total. The number of furan rings is 1. The predicted octanol–water partition coefficient (Wildman–Crippen LogP) is 4.26. The number of rotatable bonds is 9. The second-order valence-electron chi connectivity index (χ2n) is 6.29. The molecule has 0 bridgehead atoms. The van der Waals surface area contributed by atoms with Crippen molar-refractivity contribution in [3.63, 3.8) is 0 Å². The third-order valence-electron chi connectivity index (χ3n) is 4.23. The van der Waals surface area contributed by atoms with Gasteiger partial charge in [0, 0.05) is 5.56 Å². The van der Waals surface area contributed by atoms with Gasteiger partial charge in [-0.05, 0) is 56.3 Å². The number of amides is 2. The Kier molecular flexibility index (Phi) is 7.10. The van der Waals surface area contributed by atoms with Crippen LogP contribution in [-0.2, 0) is 6.54 Å². The van der Waals surface area contributed by atoms with Crippen LogP contribution in [0.1, 0.15) is 40.3 Å². The lowest BCUT2D eigenvalue weighted by Gasteiger charge is -2.14. The molecule has 3 aromatic rings. The zero-order valence-electron chi connectivity index (χ0n) is 16.9. The summed E-state index contributed by atoms with van der Waals surface area (Å²) in [7, 11) is 0. The number of carbonyl (C=O) groups is 2. The fourth-order valence-corrected chi connectivity index (χ4v) is 2.85. The molecule has 1 aromatic heterocycles. The highest BCUT2D eigenvalue weighted by Gasteiger charge is 2.16. The monoisotopic (exact) mass is 408 g/mol. The maximum atomic E-state index is 12.8. The van der Waals surface area contributed by atoms with E-state index in [-0.39, 0.29) is 18.4 Å². The Labute approximate surface area is 175 Å². The molecule has 0 aliphatic rings. The molecule has 0 saturated carbocycles. The van der Waals surface area contributed by atoms with Gasteiger partial charge in [-0.25, -0.2) is 0 Å². The highest BCUT2D eigenvalue weighted by Crippen LogP contribution is 2.29. The minimum Gasteiger partial charge on any atom is -0.490 e. The third-order valence-corrected chi connectivity index (χ3v) is 4.23. The predicted molar refractivity (Wildman–Crippen MR) is 113 cm³/mol. The highest BCUT2D eigenvalue weighted by molar-refractivity contribution is 6.09. The number of nitrogens with one attached hydrogen (secondary N) is 2. The summed E-state index contributed by atoms with van der Waals surface area (Å²) < 4.78 is 16.3. The van der Waals surface area contributed by atoms with Gasteiger partial charge in [0.2, 0.25) is 0 Å². The molecule has 0 unspecified atom stereocenters. The quantitative estimate of drug-likeness (QED) is 0.552. The van der Waals surface area contributed by atoms with Crippen LogP contribution < -0.4 is 20.1 Å². The van der Waals surface area contributed by atoms with Gasteiger partial charge in [-0.1, -0.05) is 12.1 Å². The zero-order valence-corrected chi connectivity index (χ0v) is 16.9. The van der Waals surface area contributed by atoms with Crippen LogP contribution in [0.5, 0.6) is 11.5 Å². The van der Waals surface area contributed by atoms with Crippen LogP contribution in [0, 0.1) is 0 Å². The molecule has 156 valence electrons. The molecule has 2 aromatic carbocycles. The van der Waals surface area contributed by atoms with Crippen LogP contribution in [0.4, 0.5) is 5.69 Å². The van der Waals surface area contributed by atoms with E-state index in [4.69, 9.17) is 13.9 Å². The first-order valence-electron chi connectivity index (χ1n) is 9.73. The average molecular weight is 408 g/mol. The Morgan fingerprint density at radius 1 is 0.900 bits per heavy atom. The smallest absolute Gasteiger partial charge is 0.255 e. The van der Waals surface area contributed by atoms with Crippen molar-refractivity contribution >= 4 is 17.5 Å². The van der Waals surface area contributed by atoms with E-state index < -0.39 is 0 Å². The maximum absolute atomic E-state index is 12.8. The minimum atomic E-state index is -0.356. The van der Waals surface area contributed by atoms with Crippen molar-refractivity contribution in [1.82, 2.24) is 5.32 Å². The molecule has 3 rings (SSSR count). The Morgan fingerprint density at radius 3 is 2.40 bits per heavy atom. The molecule has 0 aliphatic carbocycles. The van der Waals surface area contributed by atoms with Crippen LogP contribution in [0.15, 0.2) is 65.3 Å². The van der Waals surface area contributed by atoms with E-state index in [2.05, 4.69) is 10.6 Å². The van der Waals surface area contributed by atoms with Gasteiger partial charge >= 0.3 is 0 Å². The average Bonchev–Trinajstić information content (AvgIpc) is 3.27. The summed E-state index contributed by atoms with van der Waals surface area (Å²) in [4.78, 5) is 25.4. The van der Waals surface area contributed by atoms with Crippen LogP contribution in [-0.4, -0.2) is 25.0 Å². The van der Waals surface area contributed by atoms with Crippen molar-refractivity contribution in [3.8, 4) is 11.5 Å². The molecule has 1 heterocycles. The lowest BCUT2D eigenvalue weighted by Crippen LogP contribution is -2.24. The second-order valence-corrected chi connectivity index (χ2v) is 6.29. The van der Waals surface area contributed by atoms with E-state index >= 15 is 0 Å². The number of anilines is 1. The summed E-state index contributed by atoms with van der Waals surface area (Å²) in [6.07, 6.45) is 1.54. The van der Waals surface area contributed by atoms with Crippen molar-refractivity contribution in [2.24, 2.45) is 0 Å². The first-order valence-corrected chi connectivity index (χ1v) is 9.73. The van der Waals surface area contributed by atoms with Gasteiger partial charge in [-0.15, -0.1) is 0 Å². The first kappa shape index (κ1) is 21.0. The Hall–Kier alpha value is -3.74. The number of hydrogen-bond donors (Lipinski definition) is 2. The Bertz CT molecular complexity index is 999. The molecule has 0 spiro atoms. The van der Waals surface area contributed by atoms with E-state index in [1.54, 1.807) is 60.9 Å². The van der Waals surface area contributed by atoms with Gasteiger partial charge in [0.05, 0.1) is 37.3 Å². The molecule has 2 N–H and O–H groups in total. The molecular weight excluding hydrogens is 384 g/mol. The lowest BCUT2D eigenvalue weighted by atomic mass is 10.1. The summed E-state index contributed by atoms with van der Waals surface area (Å²) in [5.41, 5.74) is 1.16. The molecule has 2 amide bonds. The van der Waals surface area contributed by atoms with Crippen LogP contribution in [0.3, 0.4) is 0 Å². The fraction of sp³-hybridized carbons (Fsp3) is 0.217. The number of hydrogen-bond acceptors (Lipinski definition) is 5. The number of para-hydroxylation sites is 1. The SMILES string of the molecule is CCOc1ccc(C(=O)Nc2ccccc2C(=O)NCc2ccco2)cc1OCC. The summed E-state index contributed by atoms with van der Waals surface area (Å²) in [6, 6.07) is 15.3. The van der Waals surface area contributed by atoms with Crippen molar-refractivity contribution in [2.75, 3.05) is 18.5 Å². The molecular formula is C23H24N2O5. The van der Waals surface area contributed by atoms with E-state index in [9.17, 15) is 9.59 Å². The summed E-state index contributed by atoms with van der Waals surface area (Å²) in [6.45, 7) is 4.94. The van der Waals surface area contributed by atoms with Crippen molar-refractivity contribution < 1.29 is 23.5 Å². The van der Waals surface area contributed by atoms with Gasteiger partial charge in [0.25, 0.3) is 11.8 Å². The molecule has 0 fully saturated rings.